The molecular weight excluding hydrogens is 218 g/mol. The van der Waals surface area contributed by atoms with Crippen molar-refractivity contribution in [2.75, 3.05) is 6.61 Å². The molecule has 1 saturated heterocycles. The lowest BCUT2D eigenvalue weighted by atomic mass is 9.93. The molecule has 0 aliphatic carbocycles. The number of hydrogen-bond acceptors (Lipinski definition) is 3. The van der Waals surface area contributed by atoms with E-state index in [2.05, 4.69) is 5.32 Å². The molecular formula is C13H23NO3. The molecule has 2 atom stereocenters. The van der Waals surface area contributed by atoms with E-state index < -0.39 is 11.6 Å². The van der Waals surface area contributed by atoms with Crippen LogP contribution in [0.1, 0.15) is 41.0 Å². The SMILES string of the molecule is CC(C)CC(NC(=O)C(C)C)C(=O)C1(C)CO1. The minimum absolute atomic E-state index is 0.000185. The third kappa shape index (κ3) is 3.80. The number of amides is 1. The van der Waals surface area contributed by atoms with Crippen LogP contribution in [0.4, 0.5) is 0 Å². The molecule has 0 saturated carbocycles. The molecule has 0 radical (unpaired) electrons. The van der Waals surface area contributed by atoms with Gasteiger partial charge in [-0.05, 0) is 19.3 Å². The molecule has 1 rings (SSSR count). The second-order valence-corrected chi connectivity index (χ2v) is 5.73. The molecule has 0 aromatic carbocycles. The standard InChI is InChI=1S/C13H23NO3/c1-8(2)6-10(14-12(16)9(3)4)11(15)13(5)7-17-13/h8-10H,6-7H2,1-5H3,(H,14,16). The molecule has 2 unspecified atom stereocenters. The molecule has 1 amide bonds. The molecule has 4 nitrogen and oxygen atoms in total. The molecule has 98 valence electrons. The summed E-state index contributed by atoms with van der Waals surface area (Å²) in [5.41, 5.74) is -0.663. The van der Waals surface area contributed by atoms with Crippen molar-refractivity contribution in [3.63, 3.8) is 0 Å². The Bertz CT molecular complexity index is 306. The largest absolute Gasteiger partial charge is 0.361 e. The highest BCUT2D eigenvalue weighted by atomic mass is 16.6. The fraction of sp³-hybridized carbons (Fsp3) is 0.846. The van der Waals surface area contributed by atoms with Crippen LogP contribution in [0.5, 0.6) is 0 Å². The zero-order chi connectivity index (χ0) is 13.2. The van der Waals surface area contributed by atoms with E-state index >= 15 is 0 Å². The van der Waals surface area contributed by atoms with E-state index in [0.717, 1.165) is 0 Å². The van der Waals surface area contributed by atoms with Crippen LogP contribution in [0.2, 0.25) is 0 Å². The third-order valence-electron chi connectivity index (χ3n) is 2.96. The lowest BCUT2D eigenvalue weighted by Crippen LogP contribution is -2.47. The van der Waals surface area contributed by atoms with Crippen LogP contribution in [0, 0.1) is 11.8 Å². The average molecular weight is 241 g/mol. The van der Waals surface area contributed by atoms with Crippen molar-refractivity contribution in [3.05, 3.63) is 0 Å². The Morgan fingerprint density at radius 3 is 2.18 bits per heavy atom. The lowest BCUT2D eigenvalue weighted by molar-refractivity contribution is -0.132. The van der Waals surface area contributed by atoms with Gasteiger partial charge in [-0.15, -0.1) is 0 Å². The summed E-state index contributed by atoms with van der Waals surface area (Å²) < 4.78 is 5.16. The van der Waals surface area contributed by atoms with Gasteiger partial charge in [-0.25, -0.2) is 0 Å². The number of Topliss-reactive ketones (excluding diaryl/α,β-unsaturated/α-hetero) is 1. The Hall–Kier alpha value is -0.900. The summed E-state index contributed by atoms with van der Waals surface area (Å²) in [4.78, 5) is 23.9. The predicted octanol–water partition coefficient (Wildman–Crippen LogP) is 1.53. The molecule has 0 spiro atoms. The Kier molecular flexibility index (Phi) is 4.31. The van der Waals surface area contributed by atoms with Gasteiger partial charge in [-0.3, -0.25) is 9.59 Å². The number of nitrogens with one attached hydrogen (secondary N) is 1. The summed E-state index contributed by atoms with van der Waals surface area (Å²) in [6.07, 6.45) is 0.663. The van der Waals surface area contributed by atoms with E-state index in [4.69, 9.17) is 4.74 Å². The molecule has 0 bridgehead atoms. The van der Waals surface area contributed by atoms with Crippen molar-refractivity contribution in [1.29, 1.82) is 0 Å². The van der Waals surface area contributed by atoms with Gasteiger partial charge in [-0.1, -0.05) is 27.7 Å². The number of ether oxygens (including phenoxy) is 1. The second kappa shape index (κ2) is 5.17. The van der Waals surface area contributed by atoms with Gasteiger partial charge < -0.3 is 10.1 Å². The summed E-state index contributed by atoms with van der Waals surface area (Å²) >= 11 is 0. The van der Waals surface area contributed by atoms with E-state index in [1.807, 2.05) is 27.7 Å². The van der Waals surface area contributed by atoms with Crippen molar-refractivity contribution in [2.45, 2.75) is 52.7 Å². The molecule has 17 heavy (non-hydrogen) atoms. The molecule has 1 aliphatic heterocycles. The maximum Gasteiger partial charge on any atom is 0.223 e. The maximum absolute atomic E-state index is 12.2. The number of ketones is 1. The molecule has 1 aliphatic rings. The number of carbonyl (C=O) groups is 2. The van der Waals surface area contributed by atoms with E-state index in [1.165, 1.54) is 0 Å². The van der Waals surface area contributed by atoms with Crippen molar-refractivity contribution in [3.8, 4) is 0 Å². The first-order valence-corrected chi connectivity index (χ1v) is 6.25. The van der Waals surface area contributed by atoms with Gasteiger partial charge in [0.25, 0.3) is 0 Å². The van der Waals surface area contributed by atoms with Gasteiger partial charge in [0.05, 0.1) is 12.6 Å². The highest BCUT2D eigenvalue weighted by molar-refractivity contribution is 5.96. The fourth-order valence-corrected chi connectivity index (χ4v) is 1.66. The predicted molar refractivity (Wildman–Crippen MR) is 65.6 cm³/mol. The van der Waals surface area contributed by atoms with Gasteiger partial charge in [0.2, 0.25) is 5.91 Å². The van der Waals surface area contributed by atoms with Crippen molar-refractivity contribution < 1.29 is 14.3 Å². The van der Waals surface area contributed by atoms with E-state index in [9.17, 15) is 9.59 Å². The van der Waals surface area contributed by atoms with Crippen LogP contribution in [-0.2, 0) is 14.3 Å². The minimum Gasteiger partial charge on any atom is -0.361 e. The first-order valence-electron chi connectivity index (χ1n) is 6.25. The van der Waals surface area contributed by atoms with Crippen molar-refractivity contribution in [1.82, 2.24) is 5.32 Å². The lowest BCUT2D eigenvalue weighted by Gasteiger charge is -2.22. The van der Waals surface area contributed by atoms with Gasteiger partial charge in [0.15, 0.2) is 5.78 Å². The Morgan fingerprint density at radius 1 is 1.29 bits per heavy atom. The summed E-state index contributed by atoms with van der Waals surface area (Å²) in [6.45, 7) is 9.97. The molecule has 1 fully saturated rings. The van der Waals surface area contributed by atoms with Gasteiger partial charge in [-0.2, -0.15) is 0 Å². The summed E-state index contributed by atoms with van der Waals surface area (Å²) in [5.74, 6) is 0.178. The van der Waals surface area contributed by atoms with E-state index in [1.54, 1.807) is 6.92 Å². The molecule has 0 aromatic heterocycles. The van der Waals surface area contributed by atoms with Gasteiger partial charge >= 0.3 is 0 Å². The second-order valence-electron chi connectivity index (χ2n) is 5.73. The summed E-state index contributed by atoms with van der Waals surface area (Å²) in [6, 6.07) is -0.419. The monoisotopic (exact) mass is 241 g/mol. The molecule has 4 heteroatoms. The molecule has 1 N–H and O–H groups in total. The zero-order valence-electron chi connectivity index (χ0n) is 11.4. The van der Waals surface area contributed by atoms with Crippen LogP contribution in [0.15, 0.2) is 0 Å². The van der Waals surface area contributed by atoms with Crippen LogP contribution in [-0.4, -0.2) is 29.9 Å². The van der Waals surface area contributed by atoms with E-state index in [-0.39, 0.29) is 17.6 Å². The fourth-order valence-electron chi connectivity index (χ4n) is 1.66. The quantitative estimate of drug-likeness (QED) is 0.717. The number of epoxide rings is 1. The van der Waals surface area contributed by atoms with Crippen LogP contribution < -0.4 is 5.32 Å². The number of rotatable bonds is 6. The van der Waals surface area contributed by atoms with Crippen LogP contribution in [0.25, 0.3) is 0 Å². The van der Waals surface area contributed by atoms with Crippen LogP contribution in [0.3, 0.4) is 0 Å². The third-order valence-corrected chi connectivity index (χ3v) is 2.96. The van der Waals surface area contributed by atoms with Gasteiger partial charge in [0, 0.05) is 5.92 Å². The minimum atomic E-state index is -0.663. The first-order chi connectivity index (χ1) is 7.76. The topological polar surface area (TPSA) is 58.7 Å². The molecule has 0 aromatic rings. The Morgan fingerprint density at radius 2 is 1.82 bits per heavy atom. The highest BCUT2D eigenvalue weighted by Crippen LogP contribution is 2.29. The summed E-state index contributed by atoms with van der Waals surface area (Å²) in [5, 5.41) is 2.83. The Balaban J connectivity index is 2.66. The summed E-state index contributed by atoms with van der Waals surface area (Å²) in [7, 11) is 0. The van der Waals surface area contributed by atoms with Crippen LogP contribution >= 0.6 is 0 Å². The van der Waals surface area contributed by atoms with Crippen molar-refractivity contribution in [2.24, 2.45) is 11.8 Å². The number of carbonyl (C=O) groups excluding carboxylic acids is 2. The maximum atomic E-state index is 12.2. The Labute approximate surface area is 103 Å². The first kappa shape index (κ1) is 14.2. The number of hydrogen-bond donors (Lipinski definition) is 1. The van der Waals surface area contributed by atoms with Gasteiger partial charge in [0.1, 0.15) is 5.60 Å². The smallest absolute Gasteiger partial charge is 0.223 e. The highest BCUT2D eigenvalue weighted by Gasteiger charge is 2.50. The normalized spacial score (nSPS) is 24.9. The zero-order valence-corrected chi connectivity index (χ0v) is 11.4. The average Bonchev–Trinajstić information content (AvgIpc) is 2.94. The van der Waals surface area contributed by atoms with Crippen molar-refractivity contribution >= 4 is 11.7 Å². The van der Waals surface area contributed by atoms with E-state index in [0.29, 0.717) is 18.9 Å². The molecule has 1 heterocycles.